The molecule has 2 aromatic heterocycles. The molecule has 1 aliphatic rings. The summed E-state index contributed by atoms with van der Waals surface area (Å²) < 4.78 is 21.8. The van der Waals surface area contributed by atoms with Crippen molar-refractivity contribution in [1.82, 2.24) is 14.9 Å². The van der Waals surface area contributed by atoms with Gasteiger partial charge in [-0.2, -0.15) is 0 Å². The molecule has 0 bridgehead atoms. The van der Waals surface area contributed by atoms with Gasteiger partial charge in [-0.1, -0.05) is 47.6 Å². The van der Waals surface area contributed by atoms with Crippen molar-refractivity contribution in [3.63, 3.8) is 0 Å². The van der Waals surface area contributed by atoms with E-state index in [1.165, 1.54) is 0 Å². The van der Waals surface area contributed by atoms with Crippen molar-refractivity contribution in [2.45, 2.75) is 50.5 Å². The van der Waals surface area contributed by atoms with Crippen LogP contribution >= 0.6 is 0 Å². The first-order valence-corrected chi connectivity index (χ1v) is 13.5. The molecule has 8 heteroatoms. The minimum atomic E-state index is -1.30. The third-order valence-corrected chi connectivity index (χ3v) is 8.08. The van der Waals surface area contributed by atoms with Crippen LogP contribution in [0.15, 0.2) is 71.3 Å². The summed E-state index contributed by atoms with van der Waals surface area (Å²) in [5, 5.41) is 15.3. The van der Waals surface area contributed by atoms with E-state index in [4.69, 9.17) is 9.51 Å². The zero-order valence-corrected chi connectivity index (χ0v) is 21.7. The third kappa shape index (κ3) is 5.27. The number of β-amino-alcohol motifs (C(OH)–C–C–N with tert-alkyl or cyclic N) is 1. The van der Waals surface area contributed by atoms with Crippen LogP contribution < -0.4 is 9.62 Å². The van der Waals surface area contributed by atoms with E-state index in [2.05, 4.69) is 20.8 Å². The van der Waals surface area contributed by atoms with Crippen molar-refractivity contribution in [2.24, 2.45) is 0 Å². The quantitative estimate of drug-likeness (QED) is 0.349. The number of nitrogens with zero attached hydrogens (tertiary/aromatic N) is 3. The minimum absolute atomic E-state index is 0.274. The molecule has 3 atom stereocenters. The number of aliphatic hydroxyl groups is 1. The van der Waals surface area contributed by atoms with E-state index in [9.17, 15) is 9.66 Å². The van der Waals surface area contributed by atoms with Gasteiger partial charge in [0.2, 0.25) is 0 Å². The lowest BCUT2D eigenvalue weighted by atomic mass is 9.94. The van der Waals surface area contributed by atoms with Crippen LogP contribution in [0.3, 0.4) is 0 Å². The Morgan fingerprint density at radius 3 is 2.67 bits per heavy atom. The summed E-state index contributed by atoms with van der Waals surface area (Å²) in [5.41, 5.74) is 4.30. The molecule has 1 saturated heterocycles. The average Bonchev–Trinajstić information content (AvgIpc) is 3.49. The largest absolute Gasteiger partial charge is 0.598 e. The maximum Gasteiger partial charge on any atom is 0.167 e. The fourth-order valence-electron chi connectivity index (χ4n) is 4.53. The fraction of sp³-hybridized carbons (Fsp3) is 0.357. The number of fused-ring (bicyclic) bond motifs is 1. The Morgan fingerprint density at radius 1 is 1.11 bits per heavy atom. The number of para-hydroxylation sites is 1. The first-order chi connectivity index (χ1) is 17.3. The Bertz CT molecular complexity index is 1340. The van der Waals surface area contributed by atoms with Gasteiger partial charge in [-0.15, -0.1) is 4.72 Å². The van der Waals surface area contributed by atoms with Crippen LogP contribution in [0.2, 0.25) is 0 Å². The SMILES string of the molecule is CC(C)(C)[S@+]([O-])NC(Cc1cccc(N2CC[C@H](O)C2)n1)c1ccccc1-c1noc2ccccc12. The standard InChI is InChI=1S/C28H32N4O3S/c1-28(2,3)36(34)31-24(17-19-9-8-14-26(29-19)32-16-15-20(33)18-32)21-10-4-5-11-22(21)27-23-12-6-7-13-25(23)35-30-27/h4-14,20,24,31,33H,15-18H2,1-3H3/t20-,24?,36-/m0/s1. The van der Waals surface area contributed by atoms with Gasteiger partial charge < -0.3 is 19.1 Å². The predicted molar refractivity (Wildman–Crippen MR) is 144 cm³/mol. The zero-order valence-electron chi connectivity index (χ0n) is 20.8. The molecule has 0 spiro atoms. The van der Waals surface area contributed by atoms with Crippen LogP contribution in [0.5, 0.6) is 0 Å². The molecule has 0 radical (unpaired) electrons. The van der Waals surface area contributed by atoms with Gasteiger partial charge in [-0.25, -0.2) is 4.98 Å². The number of aliphatic hydroxyl groups excluding tert-OH is 1. The van der Waals surface area contributed by atoms with Gasteiger partial charge in [0, 0.05) is 47.5 Å². The van der Waals surface area contributed by atoms with Crippen LogP contribution in [0.4, 0.5) is 5.82 Å². The van der Waals surface area contributed by atoms with Gasteiger partial charge in [-0.05, 0) is 57.0 Å². The van der Waals surface area contributed by atoms with Crippen molar-refractivity contribution in [1.29, 1.82) is 0 Å². The van der Waals surface area contributed by atoms with Crippen LogP contribution in [0.1, 0.15) is 44.5 Å². The molecular weight excluding hydrogens is 472 g/mol. The van der Waals surface area contributed by atoms with Crippen LogP contribution in [-0.4, -0.2) is 43.7 Å². The lowest BCUT2D eigenvalue weighted by molar-refractivity contribution is 0.198. The molecule has 3 heterocycles. The maximum atomic E-state index is 13.3. The first-order valence-electron chi connectivity index (χ1n) is 12.3. The van der Waals surface area contributed by atoms with Gasteiger partial charge in [-0.3, -0.25) is 0 Å². The minimum Gasteiger partial charge on any atom is -0.598 e. The Kier molecular flexibility index (Phi) is 7.03. The van der Waals surface area contributed by atoms with E-state index in [1.807, 2.05) is 81.4 Å². The molecule has 1 aliphatic heterocycles. The molecule has 7 nitrogen and oxygen atoms in total. The molecule has 0 aliphatic carbocycles. The number of hydrogen-bond donors (Lipinski definition) is 2. The highest BCUT2D eigenvalue weighted by atomic mass is 32.2. The molecule has 5 rings (SSSR count). The summed E-state index contributed by atoms with van der Waals surface area (Å²) in [4.78, 5) is 7.02. The Balaban J connectivity index is 1.53. The van der Waals surface area contributed by atoms with Gasteiger partial charge >= 0.3 is 0 Å². The van der Waals surface area contributed by atoms with Gasteiger partial charge in [0.15, 0.2) is 5.58 Å². The Morgan fingerprint density at radius 2 is 1.89 bits per heavy atom. The predicted octanol–water partition coefficient (Wildman–Crippen LogP) is 4.80. The number of anilines is 1. The third-order valence-electron chi connectivity index (χ3n) is 6.47. The van der Waals surface area contributed by atoms with Crippen molar-refractivity contribution in [3.8, 4) is 11.3 Å². The maximum absolute atomic E-state index is 13.3. The van der Waals surface area contributed by atoms with Crippen LogP contribution in [-0.2, 0) is 17.8 Å². The van der Waals surface area contributed by atoms with E-state index in [-0.39, 0.29) is 12.1 Å². The molecule has 188 valence electrons. The first kappa shape index (κ1) is 24.8. The summed E-state index contributed by atoms with van der Waals surface area (Å²) in [6, 6.07) is 21.6. The lowest BCUT2D eigenvalue weighted by Gasteiger charge is -2.29. The Hall–Kier alpha value is -2.91. The second-order valence-electron chi connectivity index (χ2n) is 10.2. The summed E-state index contributed by atoms with van der Waals surface area (Å²) in [6.07, 6.45) is 0.974. The van der Waals surface area contributed by atoms with E-state index in [0.717, 1.165) is 52.3 Å². The smallest absolute Gasteiger partial charge is 0.167 e. The van der Waals surface area contributed by atoms with E-state index in [0.29, 0.717) is 13.0 Å². The number of pyridine rings is 1. The van der Waals surface area contributed by atoms with Crippen LogP contribution in [0, 0.1) is 0 Å². The van der Waals surface area contributed by atoms with E-state index < -0.39 is 16.1 Å². The van der Waals surface area contributed by atoms with Gasteiger partial charge in [0.05, 0.1) is 12.1 Å². The molecule has 0 amide bonds. The molecule has 36 heavy (non-hydrogen) atoms. The number of nitrogens with one attached hydrogen (secondary N) is 1. The number of rotatable bonds is 7. The summed E-state index contributed by atoms with van der Waals surface area (Å²) >= 11 is -1.30. The molecular formula is C28H32N4O3S. The second kappa shape index (κ2) is 10.2. The monoisotopic (exact) mass is 504 g/mol. The molecule has 2 aromatic carbocycles. The van der Waals surface area contributed by atoms with Gasteiger partial charge in [0.1, 0.15) is 16.3 Å². The number of aromatic nitrogens is 2. The molecule has 1 unspecified atom stereocenters. The highest BCUT2D eigenvalue weighted by molar-refractivity contribution is 7.90. The zero-order chi connectivity index (χ0) is 25.3. The lowest BCUT2D eigenvalue weighted by Crippen LogP contribution is -2.42. The van der Waals surface area contributed by atoms with Crippen molar-refractivity contribution in [2.75, 3.05) is 18.0 Å². The van der Waals surface area contributed by atoms with Crippen molar-refractivity contribution in [3.05, 3.63) is 78.0 Å². The summed E-state index contributed by atoms with van der Waals surface area (Å²) in [5.74, 6) is 0.857. The molecule has 0 saturated carbocycles. The molecule has 1 fully saturated rings. The number of benzene rings is 2. The van der Waals surface area contributed by atoms with E-state index >= 15 is 0 Å². The normalized spacial score (nSPS) is 18.0. The fourth-order valence-corrected chi connectivity index (χ4v) is 5.36. The topological polar surface area (TPSA) is 97.5 Å². The highest BCUT2D eigenvalue weighted by Gasteiger charge is 2.32. The summed E-state index contributed by atoms with van der Waals surface area (Å²) in [6.45, 7) is 7.26. The molecule has 2 N–H and O–H groups in total. The van der Waals surface area contributed by atoms with Crippen molar-refractivity contribution < 1.29 is 14.2 Å². The highest BCUT2D eigenvalue weighted by Crippen LogP contribution is 2.35. The van der Waals surface area contributed by atoms with Crippen LogP contribution in [0.25, 0.3) is 22.2 Å². The Labute approximate surface area is 214 Å². The van der Waals surface area contributed by atoms with E-state index in [1.54, 1.807) is 0 Å². The number of hydrogen-bond acceptors (Lipinski definition) is 7. The second-order valence-corrected chi connectivity index (χ2v) is 12.2. The molecule has 4 aromatic rings. The summed E-state index contributed by atoms with van der Waals surface area (Å²) in [7, 11) is 0. The average molecular weight is 505 g/mol. The van der Waals surface area contributed by atoms with Crippen molar-refractivity contribution >= 4 is 28.1 Å². The van der Waals surface area contributed by atoms with Gasteiger partial charge in [0.25, 0.3) is 0 Å².